The maximum absolute atomic E-state index is 11.0. The third-order valence-electron chi connectivity index (χ3n) is 1.87. The summed E-state index contributed by atoms with van der Waals surface area (Å²) < 4.78 is 0. The molecule has 1 amide bonds. The van der Waals surface area contributed by atoms with Gasteiger partial charge in [0.1, 0.15) is 6.42 Å². The van der Waals surface area contributed by atoms with Crippen molar-refractivity contribution in [3.63, 3.8) is 0 Å². The van der Waals surface area contributed by atoms with Gasteiger partial charge in [-0.25, -0.2) is 0 Å². The second-order valence-electron chi connectivity index (χ2n) is 3.27. The number of carbonyl (C=O) groups excluding carboxylic acids is 1. The number of thiocarbonyl (C=S) groups is 1. The molecule has 1 aromatic carbocycles. The monoisotopic (exact) mass is 279 g/mol. The van der Waals surface area contributed by atoms with E-state index in [4.69, 9.17) is 17.5 Å². The number of amides is 1. The summed E-state index contributed by atoms with van der Waals surface area (Å²) in [6.45, 7) is 0. The summed E-state index contributed by atoms with van der Waals surface area (Å²) in [7, 11) is 0. The van der Waals surface area contributed by atoms with Crippen molar-refractivity contribution in [2.24, 2.45) is 0 Å². The van der Waals surface area contributed by atoms with E-state index < -0.39 is 10.8 Å². The van der Waals surface area contributed by atoms with Crippen LogP contribution in [0, 0.1) is 21.4 Å². The maximum Gasteiger partial charge on any atom is 0.271 e. The van der Waals surface area contributed by atoms with Crippen LogP contribution in [0.5, 0.6) is 0 Å². The molecule has 0 saturated carbocycles. The molecule has 0 unspecified atom stereocenters. The number of hydrogen-bond donors (Lipinski definition) is 3. The molecule has 0 fully saturated rings. The van der Waals surface area contributed by atoms with E-state index in [1.165, 1.54) is 18.2 Å². The number of benzene rings is 1. The number of carbonyl (C=O) groups is 1. The van der Waals surface area contributed by atoms with Crippen molar-refractivity contribution in [1.29, 1.82) is 5.26 Å². The highest BCUT2D eigenvalue weighted by atomic mass is 32.1. The minimum absolute atomic E-state index is 0.0480. The average Bonchev–Trinajstić information content (AvgIpc) is 2.37. The van der Waals surface area contributed by atoms with Crippen LogP contribution in [0.2, 0.25) is 0 Å². The van der Waals surface area contributed by atoms with E-state index in [2.05, 4.69) is 16.2 Å². The highest BCUT2D eigenvalue weighted by Gasteiger charge is 2.06. The number of rotatable bonds is 3. The number of nitriles is 1. The van der Waals surface area contributed by atoms with E-state index in [0.717, 1.165) is 0 Å². The minimum atomic E-state index is -0.536. The largest absolute Gasteiger partial charge is 0.331 e. The molecule has 0 spiro atoms. The average molecular weight is 279 g/mol. The summed E-state index contributed by atoms with van der Waals surface area (Å²) in [5.74, 6) is -0.536. The molecule has 1 rings (SSSR count). The lowest BCUT2D eigenvalue weighted by Crippen LogP contribution is -2.43. The van der Waals surface area contributed by atoms with Gasteiger partial charge in [0.15, 0.2) is 5.11 Å². The molecule has 98 valence electrons. The van der Waals surface area contributed by atoms with Gasteiger partial charge in [-0.3, -0.25) is 25.8 Å². The first kappa shape index (κ1) is 14.3. The second-order valence-corrected chi connectivity index (χ2v) is 3.68. The molecule has 0 aliphatic carbocycles. The third-order valence-corrected chi connectivity index (χ3v) is 2.07. The Kier molecular flexibility index (Phi) is 5.18. The Morgan fingerprint density at radius 2 is 2.21 bits per heavy atom. The fraction of sp³-hybridized carbons (Fsp3) is 0.100. The van der Waals surface area contributed by atoms with Crippen LogP contribution in [0.4, 0.5) is 11.4 Å². The van der Waals surface area contributed by atoms with Crippen LogP contribution >= 0.6 is 12.2 Å². The standard InChI is InChI=1S/C10H9N5O3S/c11-5-4-9(16)13-14-10(19)12-7-2-1-3-8(6-7)15(17)18/h1-3,6H,4H2,(H,13,16)(H2,12,14,19). The number of hydrazine groups is 1. The van der Waals surface area contributed by atoms with Gasteiger partial charge in [-0.15, -0.1) is 0 Å². The van der Waals surface area contributed by atoms with Gasteiger partial charge in [-0.05, 0) is 18.3 Å². The zero-order valence-electron chi connectivity index (χ0n) is 9.54. The Hall–Kier alpha value is -2.73. The van der Waals surface area contributed by atoms with Crippen molar-refractivity contribution in [2.45, 2.75) is 6.42 Å². The Balaban J connectivity index is 2.53. The summed E-state index contributed by atoms with van der Waals surface area (Å²) in [5, 5.41) is 21.5. The zero-order chi connectivity index (χ0) is 14.3. The summed E-state index contributed by atoms with van der Waals surface area (Å²) in [6, 6.07) is 7.39. The van der Waals surface area contributed by atoms with Crippen molar-refractivity contribution >= 4 is 34.6 Å². The summed E-state index contributed by atoms with van der Waals surface area (Å²) in [6.07, 6.45) is -0.299. The molecular formula is C10H9N5O3S. The molecule has 3 N–H and O–H groups in total. The Morgan fingerprint density at radius 1 is 1.47 bits per heavy atom. The molecule has 1 aromatic rings. The van der Waals surface area contributed by atoms with E-state index in [-0.39, 0.29) is 17.2 Å². The lowest BCUT2D eigenvalue weighted by atomic mass is 10.3. The summed E-state index contributed by atoms with van der Waals surface area (Å²) in [4.78, 5) is 21.0. The first-order valence-electron chi connectivity index (χ1n) is 5.00. The van der Waals surface area contributed by atoms with Crippen molar-refractivity contribution in [1.82, 2.24) is 10.9 Å². The number of nitrogens with zero attached hydrogens (tertiary/aromatic N) is 2. The first-order chi connectivity index (χ1) is 9.02. The van der Waals surface area contributed by atoms with Crippen molar-refractivity contribution in [3.8, 4) is 6.07 Å². The fourth-order valence-corrected chi connectivity index (χ4v) is 1.27. The van der Waals surface area contributed by atoms with Crippen molar-refractivity contribution in [3.05, 3.63) is 34.4 Å². The van der Waals surface area contributed by atoms with Crippen molar-refractivity contribution < 1.29 is 9.72 Å². The number of anilines is 1. The molecular weight excluding hydrogens is 270 g/mol. The van der Waals surface area contributed by atoms with Crippen LogP contribution < -0.4 is 16.2 Å². The van der Waals surface area contributed by atoms with Crippen molar-refractivity contribution in [2.75, 3.05) is 5.32 Å². The normalized spacial score (nSPS) is 9.00. The van der Waals surface area contributed by atoms with Crippen LogP contribution in [0.15, 0.2) is 24.3 Å². The van der Waals surface area contributed by atoms with Crippen LogP contribution in [0.3, 0.4) is 0 Å². The fourth-order valence-electron chi connectivity index (χ4n) is 1.10. The van der Waals surface area contributed by atoms with Gasteiger partial charge in [0, 0.05) is 17.8 Å². The molecule has 0 aliphatic heterocycles. The van der Waals surface area contributed by atoms with Gasteiger partial charge in [0.25, 0.3) is 11.6 Å². The van der Waals surface area contributed by atoms with E-state index in [1.807, 2.05) is 0 Å². The van der Waals surface area contributed by atoms with E-state index in [9.17, 15) is 14.9 Å². The molecule has 0 bridgehead atoms. The second kappa shape index (κ2) is 6.87. The smallest absolute Gasteiger partial charge is 0.271 e. The van der Waals surface area contributed by atoms with Gasteiger partial charge in [-0.1, -0.05) is 6.07 Å². The molecule has 19 heavy (non-hydrogen) atoms. The topological polar surface area (TPSA) is 120 Å². The van der Waals surface area contributed by atoms with E-state index in [0.29, 0.717) is 5.69 Å². The number of hydrogen-bond acceptors (Lipinski definition) is 5. The molecule has 0 saturated heterocycles. The number of nitro groups is 1. The maximum atomic E-state index is 11.0. The number of nitro benzene ring substituents is 1. The van der Waals surface area contributed by atoms with Crippen LogP contribution in [0.25, 0.3) is 0 Å². The van der Waals surface area contributed by atoms with Gasteiger partial charge in [0.05, 0.1) is 11.0 Å². The van der Waals surface area contributed by atoms with Gasteiger partial charge >= 0.3 is 0 Å². The molecule has 0 atom stereocenters. The molecule has 0 aromatic heterocycles. The highest BCUT2D eigenvalue weighted by Crippen LogP contribution is 2.16. The summed E-state index contributed by atoms with van der Waals surface area (Å²) in [5.41, 5.74) is 4.88. The van der Waals surface area contributed by atoms with Gasteiger partial charge < -0.3 is 5.32 Å². The Labute approximate surface area is 113 Å². The predicted molar refractivity (Wildman–Crippen MR) is 70.8 cm³/mol. The Bertz CT molecular complexity index is 554. The SMILES string of the molecule is N#CCC(=O)NNC(=S)Nc1cccc([N+](=O)[O-])c1. The van der Waals surface area contributed by atoms with E-state index >= 15 is 0 Å². The molecule has 0 aliphatic rings. The van der Waals surface area contributed by atoms with Gasteiger partial charge in [0.2, 0.25) is 0 Å². The highest BCUT2D eigenvalue weighted by molar-refractivity contribution is 7.80. The molecule has 8 nitrogen and oxygen atoms in total. The van der Waals surface area contributed by atoms with Crippen LogP contribution in [0.1, 0.15) is 6.42 Å². The predicted octanol–water partition coefficient (Wildman–Crippen LogP) is 0.826. The zero-order valence-corrected chi connectivity index (χ0v) is 10.4. The number of nitrogens with one attached hydrogen (secondary N) is 3. The van der Waals surface area contributed by atoms with Crippen LogP contribution in [-0.2, 0) is 4.79 Å². The molecule has 0 heterocycles. The quantitative estimate of drug-likeness (QED) is 0.425. The molecule has 0 radical (unpaired) electrons. The molecule has 9 heteroatoms. The lowest BCUT2D eigenvalue weighted by molar-refractivity contribution is -0.384. The lowest BCUT2D eigenvalue weighted by Gasteiger charge is -2.10. The van der Waals surface area contributed by atoms with Gasteiger partial charge in [-0.2, -0.15) is 5.26 Å². The van der Waals surface area contributed by atoms with E-state index in [1.54, 1.807) is 12.1 Å². The minimum Gasteiger partial charge on any atom is -0.331 e. The first-order valence-corrected chi connectivity index (χ1v) is 5.41. The summed E-state index contributed by atoms with van der Waals surface area (Å²) >= 11 is 4.86. The third kappa shape index (κ3) is 4.97. The van der Waals surface area contributed by atoms with Crippen LogP contribution in [-0.4, -0.2) is 15.9 Å². The Morgan fingerprint density at radius 3 is 2.84 bits per heavy atom. The number of non-ortho nitro benzene ring substituents is 1.